The third-order valence-corrected chi connectivity index (χ3v) is 6.84. The van der Waals surface area contributed by atoms with E-state index in [-0.39, 0.29) is 10.8 Å². The van der Waals surface area contributed by atoms with E-state index < -0.39 is 10.0 Å². The Kier molecular flexibility index (Phi) is 5.86. The molecule has 5 nitrogen and oxygen atoms in total. The van der Waals surface area contributed by atoms with Gasteiger partial charge in [0.25, 0.3) is 5.91 Å². The summed E-state index contributed by atoms with van der Waals surface area (Å²) in [7, 11) is -0.699. The van der Waals surface area contributed by atoms with Gasteiger partial charge in [-0.15, -0.1) is 0 Å². The maximum Gasteiger partial charge on any atom is 0.255 e. The molecule has 0 aliphatic carbocycles. The fourth-order valence-corrected chi connectivity index (χ4v) is 4.30. The van der Waals surface area contributed by atoms with E-state index in [0.29, 0.717) is 16.8 Å². The Morgan fingerprint density at radius 1 is 0.897 bits per heavy atom. The lowest BCUT2D eigenvalue weighted by Crippen LogP contribution is -2.24. The maximum absolute atomic E-state index is 13.0. The summed E-state index contributed by atoms with van der Waals surface area (Å²) in [6.07, 6.45) is 0. The normalized spacial score (nSPS) is 11.5. The molecule has 0 aliphatic heterocycles. The molecule has 3 aromatic carbocycles. The van der Waals surface area contributed by atoms with E-state index in [0.717, 1.165) is 21.0 Å². The van der Waals surface area contributed by atoms with Crippen LogP contribution in [-0.4, -0.2) is 32.7 Å². The van der Waals surface area contributed by atoms with Crippen LogP contribution < -0.4 is 5.32 Å². The number of carbonyl (C=O) groups excluding carboxylic acids is 1. The first kappa shape index (κ1) is 20.8. The number of benzene rings is 3. The first-order valence-electron chi connectivity index (χ1n) is 9.21. The SMILES string of the molecule is Cc1cc(C(=O)Nc2ccccc2-c2ccccc2)cc(S(=O)(=O)N(C)C)c1C. The fourth-order valence-electron chi connectivity index (χ4n) is 3.08. The van der Waals surface area contributed by atoms with Crippen molar-refractivity contribution in [3.8, 4) is 11.1 Å². The van der Waals surface area contributed by atoms with E-state index in [4.69, 9.17) is 0 Å². The van der Waals surface area contributed by atoms with Crippen LogP contribution in [0.25, 0.3) is 11.1 Å². The summed E-state index contributed by atoms with van der Waals surface area (Å²) < 4.78 is 26.5. The van der Waals surface area contributed by atoms with Crippen molar-refractivity contribution in [2.45, 2.75) is 18.7 Å². The third-order valence-electron chi connectivity index (χ3n) is 4.90. The number of carbonyl (C=O) groups is 1. The van der Waals surface area contributed by atoms with Gasteiger partial charge < -0.3 is 5.32 Å². The molecular formula is C23H24N2O3S. The second-order valence-corrected chi connectivity index (χ2v) is 9.19. The molecule has 6 heteroatoms. The number of rotatable bonds is 5. The molecule has 0 saturated heterocycles. The van der Waals surface area contributed by atoms with Crippen molar-refractivity contribution in [2.75, 3.05) is 19.4 Å². The van der Waals surface area contributed by atoms with Gasteiger partial charge in [-0.25, -0.2) is 12.7 Å². The van der Waals surface area contributed by atoms with Gasteiger partial charge in [0.1, 0.15) is 0 Å². The molecule has 3 aromatic rings. The quantitative estimate of drug-likeness (QED) is 0.677. The molecule has 0 unspecified atom stereocenters. The van der Waals surface area contributed by atoms with Crippen molar-refractivity contribution >= 4 is 21.6 Å². The molecule has 0 aromatic heterocycles. The van der Waals surface area contributed by atoms with Crippen LogP contribution >= 0.6 is 0 Å². The zero-order valence-corrected chi connectivity index (χ0v) is 17.7. The Bertz CT molecular complexity index is 1150. The van der Waals surface area contributed by atoms with E-state index in [1.807, 2.05) is 54.6 Å². The van der Waals surface area contributed by atoms with Gasteiger partial charge in [-0.05, 0) is 48.7 Å². The number of nitrogens with one attached hydrogen (secondary N) is 1. The second-order valence-electron chi connectivity index (χ2n) is 7.07. The fraction of sp³-hybridized carbons (Fsp3) is 0.174. The van der Waals surface area contributed by atoms with Gasteiger partial charge in [-0.3, -0.25) is 4.79 Å². The molecule has 3 rings (SSSR count). The number of para-hydroxylation sites is 1. The molecule has 0 heterocycles. The Hall–Kier alpha value is -2.96. The molecular weight excluding hydrogens is 384 g/mol. The molecule has 0 aliphatic rings. The Morgan fingerprint density at radius 2 is 1.52 bits per heavy atom. The van der Waals surface area contributed by atoms with Crippen LogP contribution in [0.2, 0.25) is 0 Å². The summed E-state index contributed by atoms with van der Waals surface area (Å²) in [4.78, 5) is 13.1. The highest BCUT2D eigenvalue weighted by Gasteiger charge is 2.23. The predicted octanol–water partition coefficient (Wildman–Crippen LogP) is 4.47. The van der Waals surface area contributed by atoms with Gasteiger partial charge in [-0.2, -0.15) is 0 Å². The molecule has 29 heavy (non-hydrogen) atoms. The number of sulfonamides is 1. The number of anilines is 1. The van der Waals surface area contributed by atoms with Gasteiger partial charge in [0, 0.05) is 30.9 Å². The molecule has 1 N–H and O–H groups in total. The third kappa shape index (κ3) is 4.23. The molecule has 0 saturated carbocycles. The van der Waals surface area contributed by atoms with E-state index >= 15 is 0 Å². The van der Waals surface area contributed by atoms with Gasteiger partial charge in [0.2, 0.25) is 10.0 Å². The number of amides is 1. The number of nitrogens with zero attached hydrogens (tertiary/aromatic N) is 1. The monoisotopic (exact) mass is 408 g/mol. The molecule has 0 atom stereocenters. The smallest absolute Gasteiger partial charge is 0.255 e. The molecule has 0 radical (unpaired) electrons. The van der Waals surface area contributed by atoms with Crippen LogP contribution in [0, 0.1) is 13.8 Å². The summed E-state index contributed by atoms with van der Waals surface area (Å²) in [5, 5.41) is 2.93. The lowest BCUT2D eigenvalue weighted by atomic mass is 10.0. The highest BCUT2D eigenvalue weighted by atomic mass is 32.2. The zero-order chi connectivity index (χ0) is 21.2. The molecule has 150 valence electrons. The van der Waals surface area contributed by atoms with Crippen molar-refractivity contribution < 1.29 is 13.2 Å². The highest BCUT2D eigenvalue weighted by Crippen LogP contribution is 2.29. The summed E-state index contributed by atoms with van der Waals surface area (Å²) >= 11 is 0. The summed E-state index contributed by atoms with van der Waals surface area (Å²) in [5.74, 6) is -0.355. The van der Waals surface area contributed by atoms with Crippen molar-refractivity contribution in [3.63, 3.8) is 0 Å². The average Bonchev–Trinajstić information content (AvgIpc) is 2.70. The molecule has 1 amide bonds. The average molecular weight is 409 g/mol. The zero-order valence-electron chi connectivity index (χ0n) is 16.9. The predicted molar refractivity (Wildman–Crippen MR) is 117 cm³/mol. The molecule has 0 fully saturated rings. The standard InChI is InChI=1S/C23H24N2O3S/c1-16-14-19(15-22(17(16)2)29(27,28)25(3)4)23(26)24-21-13-9-8-12-20(21)18-10-6-5-7-11-18/h5-15H,1-4H3,(H,24,26). The lowest BCUT2D eigenvalue weighted by molar-refractivity contribution is 0.102. The van der Waals surface area contributed by atoms with Gasteiger partial charge in [0.15, 0.2) is 0 Å². The van der Waals surface area contributed by atoms with E-state index in [2.05, 4.69) is 5.32 Å². The molecule has 0 bridgehead atoms. The largest absolute Gasteiger partial charge is 0.321 e. The van der Waals surface area contributed by atoms with Crippen LogP contribution in [0.5, 0.6) is 0 Å². The van der Waals surface area contributed by atoms with Gasteiger partial charge >= 0.3 is 0 Å². The van der Waals surface area contributed by atoms with Crippen LogP contribution in [0.1, 0.15) is 21.5 Å². The van der Waals surface area contributed by atoms with E-state index in [1.54, 1.807) is 19.9 Å². The Labute approximate surface area is 172 Å². The Morgan fingerprint density at radius 3 is 2.17 bits per heavy atom. The van der Waals surface area contributed by atoms with Crippen molar-refractivity contribution in [1.29, 1.82) is 0 Å². The van der Waals surface area contributed by atoms with E-state index in [9.17, 15) is 13.2 Å². The van der Waals surface area contributed by atoms with Crippen molar-refractivity contribution in [3.05, 3.63) is 83.4 Å². The number of aryl methyl sites for hydroxylation is 1. The number of hydrogen-bond acceptors (Lipinski definition) is 3. The van der Waals surface area contributed by atoms with Gasteiger partial charge in [-0.1, -0.05) is 48.5 Å². The van der Waals surface area contributed by atoms with Crippen molar-refractivity contribution in [2.24, 2.45) is 0 Å². The number of hydrogen-bond donors (Lipinski definition) is 1. The first-order chi connectivity index (χ1) is 13.7. The maximum atomic E-state index is 13.0. The summed E-state index contributed by atoms with van der Waals surface area (Å²) in [5.41, 5.74) is 4.23. The minimum absolute atomic E-state index is 0.143. The molecule has 0 spiro atoms. The minimum atomic E-state index is -3.66. The topological polar surface area (TPSA) is 66.5 Å². The van der Waals surface area contributed by atoms with Crippen molar-refractivity contribution in [1.82, 2.24) is 4.31 Å². The highest BCUT2D eigenvalue weighted by molar-refractivity contribution is 7.89. The van der Waals surface area contributed by atoms with Crippen LogP contribution in [0.3, 0.4) is 0 Å². The first-order valence-corrected chi connectivity index (χ1v) is 10.7. The van der Waals surface area contributed by atoms with E-state index in [1.165, 1.54) is 20.2 Å². The van der Waals surface area contributed by atoms with Crippen LogP contribution in [0.4, 0.5) is 5.69 Å². The lowest BCUT2D eigenvalue weighted by Gasteiger charge is -2.17. The van der Waals surface area contributed by atoms with Gasteiger partial charge in [0.05, 0.1) is 4.90 Å². The summed E-state index contributed by atoms with van der Waals surface area (Å²) in [6.45, 7) is 3.55. The van der Waals surface area contributed by atoms with Crippen LogP contribution in [0.15, 0.2) is 71.6 Å². The minimum Gasteiger partial charge on any atom is -0.321 e. The second kappa shape index (κ2) is 8.19. The van der Waals surface area contributed by atoms with Crippen LogP contribution in [-0.2, 0) is 10.0 Å². The summed E-state index contributed by atoms with van der Waals surface area (Å²) in [6, 6.07) is 20.5. The Balaban J connectivity index is 2.01.